The first-order valence-corrected chi connectivity index (χ1v) is 32.7. The number of fused-ring (bicyclic) bond motifs is 1. The Balaban J connectivity index is 1.30. The number of nitro benzene ring substituents is 1. The van der Waals surface area contributed by atoms with Crippen LogP contribution >= 0.6 is 0 Å². The lowest BCUT2D eigenvalue weighted by atomic mass is 9.90. The molecule has 534 valence electrons. The number of amides is 1. The highest BCUT2D eigenvalue weighted by Crippen LogP contribution is 2.42. The molecule has 2 aliphatic rings. The Morgan fingerprint density at radius 3 is 1.38 bits per heavy atom. The van der Waals surface area contributed by atoms with E-state index in [0.29, 0.717) is 61.8 Å². The number of carbonyl (C=O) groups is 7. The third kappa shape index (κ3) is 25.4. The molecule has 0 aliphatic heterocycles. The normalized spacial score (nSPS) is 16.9. The van der Waals surface area contributed by atoms with Gasteiger partial charge < -0.3 is 66.9 Å². The van der Waals surface area contributed by atoms with E-state index in [4.69, 9.17) is 51.8 Å². The molecule has 26 nitrogen and oxygen atoms in total. The van der Waals surface area contributed by atoms with E-state index in [1.165, 1.54) is 47.2 Å². The Morgan fingerprint density at radius 1 is 0.526 bits per heavy atom. The number of methoxy groups -OCH3 is 1. The van der Waals surface area contributed by atoms with E-state index >= 15 is 0 Å². The number of benzene rings is 3. The molecule has 1 heterocycles. The number of carbonyl (C=O) groups excluding carboxylic acids is 7. The zero-order valence-electron chi connectivity index (χ0n) is 59.8. The molecule has 2 fully saturated rings. The lowest BCUT2D eigenvalue weighted by Crippen LogP contribution is -2.49. The number of hydrogen-bond donors (Lipinski definition) is 1. The minimum atomic E-state index is -0.970. The van der Waals surface area contributed by atoms with Gasteiger partial charge in [-0.25, -0.2) is 4.79 Å². The van der Waals surface area contributed by atoms with Gasteiger partial charge in [0.25, 0.3) is 11.6 Å². The van der Waals surface area contributed by atoms with Gasteiger partial charge in [-0.1, -0.05) is 0 Å². The van der Waals surface area contributed by atoms with Crippen molar-refractivity contribution in [3.63, 3.8) is 0 Å². The quantitative estimate of drug-likeness (QED) is 0.0201. The van der Waals surface area contributed by atoms with Gasteiger partial charge >= 0.3 is 41.4 Å². The van der Waals surface area contributed by atoms with E-state index < -0.39 is 123 Å². The summed E-state index contributed by atoms with van der Waals surface area (Å²) >= 11 is 0. The summed E-state index contributed by atoms with van der Waals surface area (Å²) < 4.78 is 65.1. The van der Waals surface area contributed by atoms with Gasteiger partial charge in [-0.05, 0) is 206 Å². The van der Waals surface area contributed by atoms with Crippen LogP contribution in [0.1, 0.15) is 185 Å². The zero-order chi connectivity index (χ0) is 72.3. The first kappa shape index (κ1) is 77.3. The molecule has 0 radical (unpaired) electrons. The maximum absolute atomic E-state index is 13.9. The first-order valence-electron chi connectivity index (χ1n) is 32.7. The predicted octanol–water partition coefficient (Wildman–Crippen LogP) is 10.7. The van der Waals surface area contributed by atoms with E-state index in [0.717, 1.165) is 0 Å². The Hall–Kier alpha value is -8.68. The molecule has 1 N–H and O–H groups in total. The minimum Gasteiger partial charge on any atom is -0.497 e. The molecule has 3 aromatic carbocycles. The largest absolute Gasteiger partial charge is 0.497 e. The highest BCUT2D eigenvalue weighted by atomic mass is 16.6. The van der Waals surface area contributed by atoms with Crippen molar-refractivity contribution >= 4 is 69.8 Å². The fraction of sp³-hybridized carbons (Fsp3) is 0.606. The smallest absolute Gasteiger partial charge is 0.349 e. The average molecular weight is 1360 g/mol. The maximum atomic E-state index is 13.9. The molecule has 0 unspecified atom stereocenters. The topological polar surface area (TPSA) is 307 Å². The number of anilines is 2. The van der Waals surface area contributed by atoms with Crippen LogP contribution < -0.4 is 39.7 Å². The Bertz CT molecular complexity index is 3460. The van der Waals surface area contributed by atoms with E-state index in [2.05, 4.69) is 5.32 Å². The number of nitrogens with one attached hydrogen (secondary N) is 1. The molecule has 4 aromatic rings. The summed E-state index contributed by atoms with van der Waals surface area (Å²) in [6.45, 7) is 28.3. The third-order valence-electron chi connectivity index (χ3n) is 14.5. The summed E-state index contributed by atoms with van der Waals surface area (Å²) in [6, 6.07) is 12.7. The highest BCUT2D eigenvalue weighted by Gasteiger charge is 2.38. The molecule has 1 aromatic heterocycles. The summed E-state index contributed by atoms with van der Waals surface area (Å²) in [6.07, 6.45) is 1.59. The van der Waals surface area contributed by atoms with Crippen molar-refractivity contribution in [2.24, 2.45) is 0 Å². The van der Waals surface area contributed by atoms with Crippen molar-refractivity contribution in [1.82, 2.24) is 10.2 Å². The van der Waals surface area contributed by atoms with Gasteiger partial charge in [0.2, 0.25) is 0 Å². The van der Waals surface area contributed by atoms with E-state index in [1.54, 1.807) is 154 Å². The van der Waals surface area contributed by atoms with E-state index in [-0.39, 0.29) is 77.9 Å². The first-order chi connectivity index (χ1) is 44.8. The Labute approximate surface area is 567 Å². The van der Waals surface area contributed by atoms with Crippen molar-refractivity contribution < 1.29 is 90.3 Å². The third-order valence-corrected chi connectivity index (χ3v) is 14.5. The van der Waals surface area contributed by atoms with Gasteiger partial charge in [-0.15, -0.1) is 0 Å². The monoisotopic (exact) mass is 1360 g/mol. The van der Waals surface area contributed by atoms with Crippen molar-refractivity contribution in [3.8, 4) is 23.0 Å². The number of nitro groups is 1. The lowest BCUT2D eigenvalue weighted by molar-refractivity contribution is -0.385. The van der Waals surface area contributed by atoms with Crippen LogP contribution in [-0.4, -0.2) is 156 Å². The second kappa shape index (κ2) is 31.7. The van der Waals surface area contributed by atoms with Gasteiger partial charge in [0.05, 0.1) is 48.1 Å². The van der Waals surface area contributed by atoms with Gasteiger partial charge in [0.15, 0.2) is 0 Å². The number of esters is 6. The van der Waals surface area contributed by atoms with Gasteiger partial charge in [0.1, 0.15) is 113 Å². The molecular weight excluding hydrogens is 1260 g/mol. The van der Waals surface area contributed by atoms with Crippen molar-refractivity contribution in [2.75, 3.05) is 56.2 Å². The van der Waals surface area contributed by atoms with Crippen LogP contribution in [0.25, 0.3) is 11.0 Å². The van der Waals surface area contributed by atoms with Crippen molar-refractivity contribution in [3.05, 3.63) is 86.3 Å². The second-order valence-corrected chi connectivity index (χ2v) is 30.3. The summed E-state index contributed by atoms with van der Waals surface area (Å²) in [5, 5.41) is 16.6. The summed E-state index contributed by atoms with van der Waals surface area (Å²) in [5.74, 6) is -3.89. The molecule has 0 bridgehead atoms. The average Bonchev–Trinajstić information content (AvgIpc) is 0.966. The number of ether oxygens (including phenoxy) is 10. The molecule has 26 heteroatoms. The van der Waals surface area contributed by atoms with Crippen molar-refractivity contribution in [2.45, 2.75) is 234 Å². The zero-order valence-corrected chi connectivity index (χ0v) is 59.8. The molecule has 2 aliphatic carbocycles. The Kier molecular flexibility index (Phi) is 25.3. The van der Waals surface area contributed by atoms with Crippen LogP contribution in [0.4, 0.5) is 17.1 Å². The van der Waals surface area contributed by atoms with Crippen LogP contribution in [-0.2, 0) is 63.8 Å². The summed E-state index contributed by atoms with van der Waals surface area (Å²) in [7, 11) is 1.46. The highest BCUT2D eigenvalue weighted by molar-refractivity contribution is 5.97. The number of hydrogen-bond acceptors (Lipinski definition) is 24. The van der Waals surface area contributed by atoms with Gasteiger partial charge in [-0.3, -0.25) is 48.6 Å². The van der Waals surface area contributed by atoms with Crippen LogP contribution in [0, 0.1) is 10.1 Å². The van der Waals surface area contributed by atoms with E-state index in [1.807, 2.05) is 0 Å². The predicted molar refractivity (Wildman–Crippen MR) is 360 cm³/mol. The minimum absolute atomic E-state index is 0.0302. The Morgan fingerprint density at radius 2 is 0.948 bits per heavy atom. The SMILES string of the molecule is COc1ccc(N(CC(=O)OC(C)(C)C)CC(=O)OC(C)(C)C)c(O[C@H]2CCC[C@H]2Oc2cc([N+](=O)[O-])c(COc3ccc4cc(C(=O)NC5CCC(N(CC(=O)OC(C)(C)C)CC(=O)OC(C)(C)C)CC5)c(=O)oc4c3)cc2N(CC(=O)OC(C)(C)C)CC(=O)OC(C)(C)C)c1. The number of rotatable bonds is 26. The fourth-order valence-corrected chi connectivity index (χ4v) is 11.0. The fourth-order valence-electron chi connectivity index (χ4n) is 11.0. The van der Waals surface area contributed by atoms with Gasteiger partial charge in [-0.2, -0.15) is 0 Å². The standard InChI is InChI=1S/C71H99N5O21/c1-66(2,3)92-58(77)36-73(37-59(78)93-67(4,5)6)46-26-24-45(25-27-46)72-64(83)49-31-43-23-28-48(34-55(43)91-65(49)84)88-42-44-32-52(75(40-62(81)96-70(13,14)15)41-63(82)97-71(16,17)18)57(35-51(44)76(85)86)90-54-22-20-21-53(54)89-56-33-47(87-19)29-30-50(56)74(38-60(79)94-68(7,8)9)39-61(80)95-69(10,11)12/h23,28-35,45-46,53-54H,20-22,24-27,36-42H2,1-19H3,(H,72,83)/t45?,46?,53-,54+/m0/s1. The van der Waals surface area contributed by atoms with Crippen LogP contribution in [0.5, 0.6) is 23.0 Å². The van der Waals surface area contributed by atoms with E-state index in [9.17, 15) is 48.5 Å². The van der Waals surface area contributed by atoms with Crippen LogP contribution in [0.15, 0.2) is 63.8 Å². The molecule has 6 rings (SSSR count). The van der Waals surface area contributed by atoms with Crippen molar-refractivity contribution in [1.29, 1.82) is 0 Å². The second-order valence-electron chi connectivity index (χ2n) is 30.3. The maximum Gasteiger partial charge on any atom is 0.349 e. The molecule has 97 heavy (non-hydrogen) atoms. The molecule has 0 saturated heterocycles. The van der Waals surface area contributed by atoms with Crippen LogP contribution in [0.2, 0.25) is 0 Å². The lowest BCUT2D eigenvalue weighted by Gasteiger charge is -2.37. The molecule has 1 amide bonds. The van der Waals surface area contributed by atoms with Gasteiger partial charge in [0, 0.05) is 29.6 Å². The molecule has 2 atom stereocenters. The molecular formula is C71H99N5O21. The number of nitrogens with zero attached hydrogens (tertiary/aromatic N) is 4. The summed E-state index contributed by atoms with van der Waals surface area (Å²) in [5.41, 5.74) is -6.48. The summed E-state index contributed by atoms with van der Waals surface area (Å²) in [4.78, 5) is 125. The molecule has 2 saturated carbocycles. The van der Waals surface area contributed by atoms with Crippen LogP contribution in [0.3, 0.4) is 0 Å². The molecule has 0 spiro atoms.